The third-order valence-corrected chi connectivity index (χ3v) is 2.54. The van der Waals surface area contributed by atoms with E-state index in [1.165, 1.54) is 0 Å². The summed E-state index contributed by atoms with van der Waals surface area (Å²) in [7, 11) is 3.80. The number of hydrogen-bond donors (Lipinski definition) is 1. The van der Waals surface area contributed by atoms with Crippen molar-refractivity contribution in [2.24, 2.45) is 0 Å². The Bertz CT molecular complexity index is 311. The van der Waals surface area contributed by atoms with Crippen LogP contribution < -0.4 is 5.73 Å². The first-order valence-electron chi connectivity index (χ1n) is 5.34. The summed E-state index contributed by atoms with van der Waals surface area (Å²) in [5.74, 6) is 0. The minimum atomic E-state index is 0.695. The third kappa shape index (κ3) is 4.84. The highest BCUT2D eigenvalue weighted by Crippen LogP contribution is 2.17. The van der Waals surface area contributed by atoms with Crippen molar-refractivity contribution < 1.29 is 4.74 Å². The van der Waals surface area contributed by atoms with Gasteiger partial charge in [0.15, 0.2) is 0 Å². The molecule has 90 valence electrons. The maximum atomic E-state index is 5.94. The molecule has 1 rings (SSSR count). The molecule has 0 amide bonds. The lowest BCUT2D eigenvalue weighted by Gasteiger charge is -2.16. The van der Waals surface area contributed by atoms with Crippen LogP contribution in [0.5, 0.6) is 0 Å². The van der Waals surface area contributed by atoms with Crippen molar-refractivity contribution >= 4 is 17.3 Å². The second kappa shape index (κ2) is 6.74. The second-order valence-electron chi connectivity index (χ2n) is 3.98. The van der Waals surface area contributed by atoms with Gasteiger partial charge in [-0.2, -0.15) is 0 Å². The van der Waals surface area contributed by atoms with Gasteiger partial charge in [0.1, 0.15) is 0 Å². The van der Waals surface area contributed by atoms with Gasteiger partial charge < -0.3 is 15.4 Å². The number of anilines is 1. The fourth-order valence-corrected chi connectivity index (χ4v) is 1.90. The fourth-order valence-electron chi connectivity index (χ4n) is 1.64. The van der Waals surface area contributed by atoms with Crippen molar-refractivity contribution in [1.82, 2.24) is 4.90 Å². The number of benzene rings is 1. The van der Waals surface area contributed by atoms with Crippen LogP contribution >= 0.6 is 11.6 Å². The van der Waals surface area contributed by atoms with E-state index in [1.807, 2.05) is 12.1 Å². The van der Waals surface area contributed by atoms with E-state index >= 15 is 0 Å². The third-order valence-electron chi connectivity index (χ3n) is 2.32. The van der Waals surface area contributed by atoms with Gasteiger partial charge in [0.25, 0.3) is 0 Å². The van der Waals surface area contributed by atoms with Crippen molar-refractivity contribution in [3.8, 4) is 0 Å². The van der Waals surface area contributed by atoms with Gasteiger partial charge in [0.2, 0.25) is 0 Å². The fraction of sp³-hybridized carbons (Fsp3) is 0.500. The Kier molecular flexibility index (Phi) is 5.60. The summed E-state index contributed by atoms with van der Waals surface area (Å²) < 4.78 is 5.01. The van der Waals surface area contributed by atoms with E-state index in [1.54, 1.807) is 13.2 Å². The van der Waals surface area contributed by atoms with Crippen LogP contribution in [0, 0.1) is 0 Å². The molecule has 0 aromatic heterocycles. The molecule has 16 heavy (non-hydrogen) atoms. The molecule has 3 nitrogen and oxygen atoms in total. The maximum Gasteiger partial charge on any atom is 0.0474 e. The first-order chi connectivity index (χ1) is 7.61. The van der Waals surface area contributed by atoms with Crippen LogP contribution in [0.15, 0.2) is 18.2 Å². The average Bonchev–Trinajstić information content (AvgIpc) is 2.16. The zero-order chi connectivity index (χ0) is 12.0. The number of methoxy groups -OCH3 is 1. The van der Waals surface area contributed by atoms with Gasteiger partial charge >= 0.3 is 0 Å². The molecule has 0 saturated carbocycles. The summed E-state index contributed by atoms with van der Waals surface area (Å²) in [6.07, 6.45) is 1.03. The van der Waals surface area contributed by atoms with E-state index in [2.05, 4.69) is 11.9 Å². The van der Waals surface area contributed by atoms with Gasteiger partial charge in [-0.3, -0.25) is 0 Å². The van der Waals surface area contributed by atoms with E-state index in [-0.39, 0.29) is 0 Å². The smallest absolute Gasteiger partial charge is 0.0474 e. The Hall–Kier alpha value is -0.770. The molecule has 0 aliphatic carbocycles. The lowest BCUT2D eigenvalue weighted by Crippen LogP contribution is -2.20. The SMILES string of the molecule is COCCCN(C)Cc1cc(N)cc(Cl)c1. The number of nitrogen functional groups attached to an aromatic ring is 1. The van der Waals surface area contributed by atoms with Crippen LogP contribution in [0.4, 0.5) is 5.69 Å². The van der Waals surface area contributed by atoms with Crippen molar-refractivity contribution in [2.45, 2.75) is 13.0 Å². The molecule has 2 N–H and O–H groups in total. The summed E-state index contributed by atoms with van der Waals surface area (Å²) in [4.78, 5) is 2.23. The molecule has 1 aromatic rings. The van der Waals surface area contributed by atoms with Crippen molar-refractivity contribution in [2.75, 3.05) is 33.0 Å². The number of nitrogens with zero attached hydrogens (tertiary/aromatic N) is 1. The van der Waals surface area contributed by atoms with Crippen LogP contribution in [0.1, 0.15) is 12.0 Å². The van der Waals surface area contributed by atoms with Gasteiger partial charge in [-0.15, -0.1) is 0 Å². The highest BCUT2D eigenvalue weighted by Gasteiger charge is 2.02. The monoisotopic (exact) mass is 242 g/mol. The highest BCUT2D eigenvalue weighted by molar-refractivity contribution is 6.30. The quantitative estimate of drug-likeness (QED) is 0.615. The summed E-state index contributed by atoms with van der Waals surface area (Å²) in [6, 6.07) is 5.67. The Morgan fingerprint density at radius 2 is 2.12 bits per heavy atom. The Labute approximate surface area is 102 Å². The zero-order valence-corrected chi connectivity index (χ0v) is 10.6. The molecule has 0 aliphatic rings. The number of rotatable bonds is 6. The van der Waals surface area contributed by atoms with Gasteiger partial charge in [0.05, 0.1) is 0 Å². The van der Waals surface area contributed by atoms with Crippen molar-refractivity contribution in [3.63, 3.8) is 0 Å². The van der Waals surface area contributed by atoms with Gasteiger partial charge in [-0.25, -0.2) is 0 Å². The molecule has 0 radical (unpaired) electrons. The van der Waals surface area contributed by atoms with E-state index < -0.39 is 0 Å². The van der Waals surface area contributed by atoms with Crippen LogP contribution in [0.3, 0.4) is 0 Å². The molecule has 0 spiro atoms. The van der Waals surface area contributed by atoms with E-state index in [0.29, 0.717) is 10.7 Å². The van der Waals surface area contributed by atoms with Gasteiger partial charge in [0, 0.05) is 37.5 Å². The summed E-state index contributed by atoms with van der Waals surface area (Å²) in [5, 5.41) is 0.695. The first-order valence-corrected chi connectivity index (χ1v) is 5.72. The zero-order valence-electron chi connectivity index (χ0n) is 9.87. The Morgan fingerprint density at radius 3 is 2.75 bits per heavy atom. The average molecular weight is 243 g/mol. The predicted octanol–water partition coefficient (Wildman–Crippen LogP) is 2.39. The normalized spacial score (nSPS) is 11.0. The van der Waals surface area contributed by atoms with E-state index in [9.17, 15) is 0 Å². The van der Waals surface area contributed by atoms with Crippen molar-refractivity contribution in [3.05, 3.63) is 28.8 Å². The predicted molar refractivity (Wildman–Crippen MR) is 68.7 cm³/mol. The van der Waals surface area contributed by atoms with Gasteiger partial charge in [-0.05, 0) is 37.2 Å². The second-order valence-corrected chi connectivity index (χ2v) is 4.41. The highest BCUT2D eigenvalue weighted by atomic mass is 35.5. The number of ether oxygens (including phenoxy) is 1. The number of halogens is 1. The molecular formula is C12H19ClN2O. The van der Waals surface area contributed by atoms with Crippen LogP contribution in [0.2, 0.25) is 5.02 Å². The topological polar surface area (TPSA) is 38.5 Å². The molecule has 1 aromatic carbocycles. The summed E-state index contributed by atoms with van der Waals surface area (Å²) in [5.41, 5.74) is 7.59. The molecule has 0 saturated heterocycles. The number of hydrogen-bond acceptors (Lipinski definition) is 3. The maximum absolute atomic E-state index is 5.94. The molecule has 0 aliphatic heterocycles. The standard InChI is InChI=1S/C12H19ClN2O/c1-15(4-3-5-16-2)9-10-6-11(13)8-12(14)7-10/h6-8H,3-5,9,14H2,1-2H3. The molecule has 0 atom stereocenters. The lowest BCUT2D eigenvalue weighted by atomic mass is 10.2. The van der Waals surface area contributed by atoms with Crippen LogP contribution in [0.25, 0.3) is 0 Å². The molecule has 0 heterocycles. The molecule has 4 heteroatoms. The van der Waals surface area contributed by atoms with Crippen molar-refractivity contribution in [1.29, 1.82) is 0 Å². The summed E-state index contributed by atoms with van der Waals surface area (Å²) >= 11 is 5.94. The van der Waals surface area contributed by atoms with E-state index in [4.69, 9.17) is 22.1 Å². The molecular weight excluding hydrogens is 224 g/mol. The minimum absolute atomic E-state index is 0.695. The molecule has 0 fully saturated rings. The summed E-state index contributed by atoms with van der Waals surface area (Å²) in [6.45, 7) is 2.65. The molecule has 0 bridgehead atoms. The van der Waals surface area contributed by atoms with Crippen LogP contribution in [-0.2, 0) is 11.3 Å². The molecule has 0 unspecified atom stereocenters. The van der Waals surface area contributed by atoms with Gasteiger partial charge in [-0.1, -0.05) is 11.6 Å². The van der Waals surface area contributed by atoms with Crippen LogP contribution in [-0.4, -0.2) is 32.2 Å². The first kappa shape index (κ1) is 13.3. The lowest BCUT2D eigenvalue weighted by molar-refractivity contribution is 0.178. The Morgan fingerprint density at radius 1 is 1.38 bits per heavy atom. The number of nitrogens with two attached hydrogens (primary N) is 1. The Balaban J connectivity index is 2.45. The minimum Gasteiger partial charge on any atom is -0.399 e. The van der Waals surface area contributed by atoms with E-state index in [0.717, 1.165) is 31.7 Å². The largest absolute Gasteiger partial charge is 0.399 e.